The van der Waals surface area contributed by atoms with Crippen molar-refractivity contribution in [1.82, 2.24) is 0 Å². The van der Waals surface area contributed by atoms with Crippen LogP contribution < -0.4 is 10.1 Å². The molecule has 0 fully saturated rings. The number of anilines is 1. The summed E-state index contributed by atoms with van der Waals surface area (Å²) in [4.78, 5) is 16.4. The molecule has 2 aromatic carbocycles. The molecule has 5 nitrogen and oxygen atoms in total. The fourth-order valence-corrected chi connectivity index (χ4v) is 2.76. The quantitative estimate of drug-likeness (QED) is 0.181. The first-order valence-corrected chi connectivity index (χ1v) is 10.3. The van der Waals surface area contributed by atoms with Crippen molar-refractivity contribution >= 4 is 18.0 Å². The lowest BCUT2D eigenvalue weighted by molar-refractivity contribution is 0.167. The van der Waals surface area contributed by atoms with Crippen LogP contribution >= 0.6 is 0 Å². The highest BCUT2D eigenvalue weighted by atomic mass is 19.1. The van der Waals surface area contributed by atoms with Gasteiger partial charge in [-0.15, -0.1) is 0 Å². The number of amides is 1. The molecule has 7 heteroatoms. The van der Waals surface area contributed by atoms with Gasteiger partial charge in [0.1, 0.15) is 17.4 Å². The van der Waals surface area contributed by atoms with E-state index in [0.29, 0.717) is 12.3 Å². The minimum atomic E-state index is -0.828. The van der Waals surface area contributed by atoms with Crippen LogP contribution in [0.4, 0.5) is 19.3 Å². The molecule has 2 rings (SSSR count). The van der Waals surface area contributed by atoms with Gasteiger partial charge in [-0.25, -0.2) is 13.6 Å². The number of rotatable bonds is 12. The Bertz CT molecular complexity index is 811. The molecule has 0 saturated heterocycles. The Morgan fingerprint density at radius 2 is 1.70 bits per heavy atom. The lowest BCUT2D eigenvalue weighted by Crippen LogP contribution is -2.10. The molecular weight excluding hydrogens is 390 g/mol. The van der Waals surface area contributed by atoms with Gasteiger partial charge in [-0.1, -0.05) is 50.6 Å². The zero-order valence-electron chi connectivity index (χ0n) is 17.2. The average Bonchev–Trinajstić information content (AvgIpc) is 2.73. The number of hydrogen-bond acceptors (Lipinski definition) is 4. The van der Waals surface area contributed by atoms with Crippen molar-refractivity contribution in [3.63, 3.8) is 0 Å². The third kappa shape index (κ3) is 9.03. The van der Waals surface area contributed by atoms with Gasteiger partial charge in [0.05, 0.1) is 12.8 Å². The van der Waals surface area contributed by atoms with Crippen molar-refractivity contribution in [3.05, 3.63) is 59.7 Å². The number of nitrogens with one attached hydrogen (secondary N) is 1. The summed E-state index contributed by atoms with van der Waals surface area (Å²) in [5.74, 6) is -0.766. The van der Waals surface area contributed by atoms with Crippen molar-refractivity contribution < 1.29 is 23.1 Å². The molecule has 162 valence electrons. The Morgan fingerprint density at radius 3 is 2.40 bits per heavy atom. The lowest BCUT2D eigenvalue weighted by atomic mass is 10.1. The van der Waals surface area contributed by atoms with Crippen molar-refractivity contribution in [3.8, 4) is 5.75 Å². The molecule has 0 aromatic heterocycles. The van der Waals surface area contributed by atoms with E-state index < -0.39 is 17.7 Å². The van der Waals surface area contributed by atoms with E-state index in [2.05, 4.69) is 22.2 Å². The molecule has 0 aliphatic carbocycles. The molecule has 0 bridgehead atoms. The summed E-state index contributed by atoms with van der Waals surface area (Å²) in [6, 6.07) is 9.89. The van der Waals surface area contributed by atoms with E-state index in [1.165, 1.54) is 38.2 Å². The van der Waals surface area contributed by atoms with Gasteiger partial charge in [-0.3, -0.25) is 10.2 Å². The zero-order chi connectivity index (χ0) is 21.6. The smallest absolute Gasteiger partial charge is 0.437 e. The number of halogens is 2. The summed E-state index contributed by atoms with van der Waals surface area (Å²) in [5, 5.41) is 5.90. The predicted octanol–water partition coefficient (Wildman–Crippen LogP) is 6.68. The number of oxime groups is 1. The Hall–Kier alpha value is -2.96. The van der Waals surface area contributed by atoms with E-state index in [1.807, 2.05) is 0 Å². The summed E-state index contributed by atoms with van der Waals surface area (Å²) >= 11 is 0. The van der Waals surface area contributed by atoms with Crippen LogP contribution in [-0.2, 0) is 4.84 Å². The van der Waals surface area contributed by atoms with Crippen LogP contribution in [0.15, 0.2) is 47.6 Å². The van der Waals surface area contributed by atoms with Gasteiger partial charge in [0, 0.05) is 17.3 Å². The number of carbonyl (C=O) groups is 1. The number of nitrogens with zero attached hydrogens (tertiary/aromatic N) is 1. The first-order valence-electron chi connectivity index (χ1n) is 10.3. The molecule has 0 spiro atoms. The maximum atomic E-state index is 13.5. The number of ether oxygens (including phenoxy) is 1. The van der Waals surface area contributed by atoms with Crippen molar-refractivity contribution in [2.45, 2.75) is 51.9 Å². The zero-order valence-corrected chi connectivity index (χ0v) is 17.2. The molecule has 1 N–H and O–H groups in total. The summed E-state index contributed by atoms with van der Waals surface area (Å²) in [6.07, 6.45) is 8.75. The highest BCUT2D eigenvalue weighted by Gasteiger charge is 2.05. The van der Waals surface area contributed by atoms with Gasteiger partial charge in [0.25, 0.3) is 0 Å². The third-order valence-corrected chi connectivity index (χ3v) is 4.41. The summed E-state index contributed by atoms with van der Waals surface area (Å²) < 4.78 is 32.0. The monoisotopic (exact) mass is 418 g/mol. The molecule has 0 aliphatic rings. The van der Waals surface area contributed by atoms with Gasteiger partial charge in [-0.05, 0) is 42.8 Å². The van der Waals surface area contributed by atoms with Crippen molar-refractivity contribution in [1.29, 1.82) is 0 Å². The topological polar surface area (TPSA) is 59.9 Å². The van der Waals surface area contributed by atoms with Crippen LogP contribution in [0.2, 0.25) is 0 Å². The van der Waals surface area contributed by atoms with E-state index in [9.17, 15) is 13.6 Å². The van der Waals surface area contributed by atoms with E-state index in [1.54, 1.807) is 24.3 Å². The number of carbonyl (C=O) groups excluding carboxylic acids is 1. The maximum Gasteiger partial charge on any atom is 0.437 e. The molecule has 0 aliphatic heterocycles. The average molecular weight is 418 g/mol. The highest BCUT2D eigenvalue weighted by molar-refractivity contribution is 5.86. The van der Waals surface area contributed by atoms with Crippen LogP contribution in [-0.4, -0.2) is 18.9 Å². The van der Waals surface area contributed by atoms with Crippen molar-refractivity contribution in [2.75, 3.05) is 11.9 Å². The predicted molar refractivity (Wildman–Crippen MR) is 114 cm³/mol. The molecule has 0 unspecified atom stereocenters. The largest absolute Gasteiger partial charge is 0.494 e. The molecule has 2 aromatic rings. The molecule has 0 atom stereocenters. The maximum absolute atomic E-state index is 13.5. The van der Waals surface area contributed by atoms with E-state index >= 15 is 0 Å². The Morgan fingerprint density at radius 1 is 1.00 bits per heavy atom. The Labute approximate surface area is 176 Å². The second kappa shape index (κ2) is 13.3. The molecule has 0 radical (unpaired) electrons. The van der Waals surface area contributed by atoms with Gasteiger partial charge >= 0.3 is 6.09 Å². The first kappa shape index (κ1) is 23.3. The van der Waals surface area contributed by atoms with E-state index in [4.69, 9.17) is 4.74 Å². The fraction of sp³-hybridized carbons (Fsp3) is 0.391. The lowest BCUT2D eigenvalue weighted by Gasteiger charge is -2.07. The third-order valence-electron chi connectivity index (χ3n) is 4.41. The van der Waals surface area contributed by atoms with E-state index in [-0.39, 0.29) is 5.56 Å². The molecule has 1 amide bonds. The van der Waals surface area contributed by atoms with Crippen LogP contribution in [0, 0.1) is 11.6 Å². The summed E-state index contributed by atoms with van der Waals surface area (Å²) in [7, 11) is 0. The number of hydrogen-bond donors (Lipinski definition) is 1. The highest BCUT2D eigenvalue weighted by Crippen LogP contribution is 2.17. The van der Waals surface area contributed by atoms with Gasteiger partial charge in [0.2, 0.25) is 0 Å². The SMILES string of the molecule is CCCCCCCCCOc1ccc(NC(=O)O/N=C/c2ccc(F)cc2F)cc1. The normalized spacial score (nSPS) is 10.9. The second-order valence-electron chi connectivity index (χ2n) is 6.90. The Kier molecular flexibility index (Phi) is 10.3. The number of unbranched alkanes of at least 4 members (excludes halogenated alkanes) is 6. The minimum absolute atomic E-state index is 0.00617. The first-order chi connectivity index (χ1) is 14.6. The summed E-state index contributed by atoms with van der Waals surface area (Å²) in [6.45, 7) is 2.88. The van der Waals surface area contributed by atoms with Crippen LogP contribution in [0.3, 0.4) is 0 Å². The molecule has 0 heterocycles. The number of benzene rings is 2. The van der Waals surface area contributed by atoms with Crippen LogP contribution in [0.5, 0.6) is 5.75 Å². The summed E-state index contributed by atoms with van der Waals surface area (Å²) in [5.41, 5.74) is 0.512. The van der Waals surface area contributed by atoms with Crippen molar-refractivity contribution in [2.24, 2.45) is 5.16 Å². The second-order valence-corrected chi connectivity index (χ2v) is 6.90. The molecular formula is C23H28F2N2O3. The molecule has 0 saturated carbocycles. The van der Waals surface area contributed by atoms with Crippen LogP contribution in [0.1, 0.15) is 57.4 Å². The minimum Gasteiger partial charge on any atom is -0.494 e. The van der Waals surface area contributed by atoms with Gasteiger partial charge < -0.3 is 4.74 Å². The fourth-order valence-electron chi connectivity index (χ4n) is 2.76. The van der Waals surface area contributed by atoms with Gasteiger partial charge in [0.15, 0.2) is 0 Å². The molecule has 30 heavy (non-hydrogen) atoms. The van der Waals surface area contributed by atoms with E-state index in [0.717, 1.165) is 36.9 Å². The van der Waals surface area contributed by atoms with Gasteiger partial charge in [-0.2, -0.15) is 0 Å². The standard InChI is InChI=1S/C23H28F2N2O3/c1-2-3-4-5-6-7-8-15-29-21-13-11-20(12-14-21)27-23(28)30-26-17-18-9-10-19(24)16-22(18)25/h9-14,16-17H,2-8,15H2,1H3,(H,27,28)/b26-17+. The Balaban J connectivity index is 1.66. The van der Waals surface area contributed by atoms with Crippen LogP contribution in [0.25, 0.3) is 0 Å².